The number of carbonyl (C=O) groups excluding carboxylic acids is 2. The fourth-order valence-electron chi connectivity index (χ4n) is 6.25. The number of benzene rings is 8. The van der Waals surface area contributed by atoms with E-state index in [0.717, 1.165) is 0 Å². The van der Waals surface area contributed by atoms with E-state index >= 15 is 0 Å². The van der Waals surface area contributed by atoms with Crippen LogP contribution in [-0.2, 0) is 61.9 Å². The smallest absolute Gasteiger partial charge is 1.00 e. The number of carbonyl (C=O) groups is 2. The van der Waals surface area contributed by atoms with E-state index in [1.165, 1.54) is 29.4 Å². The quantitative estimate of drug-likeness (QED) is 0.0112. The van der Waals surface area contributed by atoms with Crippen molar-refractivity contribution >= 4 is 54.7 Å². The molecule has 0 atom stereocenters. The van der Waals surface area contributed by atoms with Crippen molar-refractivity contribution in [2.45, 2.75) is 29.4 Å². The van der Waals surface area contributed by atoms with E-state index in [-0.39, 0.29) is 68.3 Å². The first-order valence-corrected chi connectivity index (χ1v) is 28.6. The number of halogens is 15. The normalized spacial score (nSPS) is 10.4. The molecule has 0 aliphatic rings. The van der Waals surface area contributed by atoms with E-state index in [4.69, 9.17) is 25.9 Å². The summed E-state index contributed by atoms with van der Waals surface area (Å²) >= 11 is 0. The Morgan fingerprint density at radius 2 is 0.500 bits per heavy atom. The van der Waals surface area contributed by atoms with Crippen molar-refractivity contribution in [3.05, 3.63) is 240 Å². The molecule has 12 nitrogen and oxygen atoms in total. The second-order valence-corrected chi connectivity index (χ2v) is 21.1. The van der Waals surface area contributed by atoms with Gasteiger partial charge in [-0.3, -0.25) is 0 Å². The van der Waals surface area contributed by atoms with Crippen molar-refractivity contribution < 1.29 is 161 Å². The first-order valence-electron chi connectivity index (χ1n) is 23.5. The second kappa shape index (κ2) is 40.8. The van der Waals surface area contributed by atoms with Crippen molar-refractivity contribution in [2.75, 3.05) is 39.8 Å². The van der Waals surface area contributed by atoms with Crippen molar-refractivity contribution in [1.82, 2.24) is 0 Å². The Kier molecular flexibility index (Phi) is 36.8. The second-order valence-electron chi connectivity index (χ2n) is 15.5. The van der Waals surface area contributed by atoms with Gasteiger partial charge in [-0.25, -0.2) is 61.5 Å². The van der Waals surface area contributed by atoms with Crippen molar-refractivity contribution in [1.29, 1.82) is 0 Å². The van der Waals surface area contributed by atoms with Crippen LogP contribution in [0.2, 0.25) is 0 Å². The van der Waals surface area contributed by atoms with Crippen LogP contribution in [0.15, 0.2) is 211 Å². The summed E-state index contributed by atoms with van der Waals surface area (Å²) in [6.45, 7) is -5.45. The van der Waals surface area contributed by atoms with Gasteiger partial charge >= 0.3 is 41.5 Å². The van der Waals surface area contributed by atoms with Gasteiger partial charge in [0.05, 0.1) is 21.8 Å². The summed E-state index contributed by atoms with van der Waals surface area (Å²) in [5.74, 6) is -27.3. The molecule has 0 heterocycles. The molecule has 0 bridgehead atoms. The molecule has 0 spiro atoms. The molecule has 0 aliphatic heterocycles. The van der Waals surface area contributed by atoms with E-state index in [1.807, 2.05) is 0 Å². The minimum atomic E-state index is -5.42. The van der Waals surface area contributed by atoms with Crippen LogP contribution in [0.5, 0.6) is 11.5 Å². The van der Waals surface area contributed by atoms with Crippen LogP contribution in [-0.4, -0.2) is 77.7 Å². The van der Waals surface area contributed by atoms with E-state index in [1.54, 1.807) is 0 Å². The molecule has 0 amide bonds. The molecule has 0 radical (unpaired) electrons. The van der Waals surface area contributed by atoms with Crippen molar-refractivity contribution in [3.63, 3.8) is 0 Å². The van der Waals surface area contributed by atoms with Gasteiger partial charge in [-0.05, 0) is 72.8 Å². The predicted molar refractivity (Wildman–Crippen MR) is 282 cm³/mol. The molecule has 0 fully saturated rings. The Balaban J connectivity index is 0.000000553. The average molecular weight is 1400 g/mol. The van der Waals surface area contributed by atoms with Gasteiger partial charge in [0.1, 0.15) is 26.4 Å². The molecule has 0 saturated carbocycles. The fraction of sp³-hybridized carbons (Fsp3) is 0.107. The van der Waals surface area contributed by atoms with Gasteiger partial charge in [0, 0.05) is 0 Å². The van der Waals surface area contributed by atoms with Crippen molar-refractivity contribution in [3.8, 4) is 11.5 Å². The van der Waals surface area contributed by atoms with Crippen LogP contribution < -0.4 is 56.0 Å². The van der Waals surface area contributed by atoms with Crippen LogP contribution in [0.1, 0.15) is 0 Å². The largest absolute Gasteiger partial charge is 1.00 e. The minimum Gasteiger partial charge on any atom is -1.00 e. The standard InChI is InChI=1S/2C18H15S.2C10H6F6O3.BrH.2FHO3S.Na/c2*1-4-10-16(11-5-1)19(17-12-6-2-7-13-17)18-14-8-3-9-15-18;2*11-3-4(17)18-1-2-19-10-8(15)6(13)5(12)7(14)9(10)16;;2*1-5(2,3)4;/h2*1-15H;2*1-3H2;1H;2*(H,2,3,4);/q2*+1;;;;;;+1/p-3. The molecular formula is C56H42BrF14NaO12S4. The van der Waals surface area contributed by atoms with Gasteiger partial charge in [-0.1, -0.05) is 109 Å². The van der Waals surface area contributed by atoms with Gasteiger partial charge in [0.15, 0.2) is 54.2 Å². The fourth-order valence-corrected chi connectivity index (χ4v) is 10.5. The first kappa shape index (κ1) is 79.3. The topological polar surface area (TPSA) is 185 Å². The van der Waals surface area contributed by atoms with Crippen LogP contribution >= 0.6 is 0 Å². The molecular weight excluding hydrogens is 1360 g/mol. The van der Waals surface area contributed by atoms with Crippen molar-refractivity contribution in [2.24, 2.45) is 0 Å². The molecule has 468 valence electrons. The third-order valence-electron chi connectivity index (χ3n) is 9.62. The molecule has 8 aromatic carbocycles. The van der Waals surface area contributed by atoms with Crippen LogP contribution in [0.3, 0.4) is 0 Å². The summed E-state index contributed by atoms with van der Waals surface area (Å²) < 4.78 is 239. The zero-order chi connectivity index (χ0) is 64.0. The Bertz CT molecular complexity index is 3120. The van der Waals surface area contributed by atoms with Gasteiger partial charge in [0.2, 0.25) is 58.2 Å². The summed E-state index contributed by atoms with van der Waals surface area (Å²) in [6.07, 6.45) is 0. The zero-order valence-corrected chi connectivity index (χ0v) is 51.6. The first-order chi connectivity index (χ1) is 40.7. The summed E-state index contributed by atoms with van der Waals surface area (Å²) in [5.41, 5.74) is 0. The third-order valence-corrected chi connectivity index (χ3v) is 14.1. The molecule has 0 aromatic heterocycles. The maximum absolute atomic E-state index is 13.0. The van der Waals surface area contributed by atoms with Gasteiger partial charge in [0.25, 0.3) is 21.0 Å². The Morgan fingerprint density at radius 1 is 0.341 bits per heavy atom. The molecule has 0 N–H and O–H groups in total. The number of rotatable bonds is 16. The Hall–Kier alpha value is -6.68. The maximum Gasteiger partial charge on any atom is 1.00 e. The van der Waals surface area contributed by atoms with Gasteiger partial charge < -0.3 is 45.0 Å². The molecule has 0 saturated heterocycles. The third kappa shape index (κ3) is 28.2. The molecule has 32 heteroatoms. The summed E-state index contributed by atoms with van der Waals surface area (Å²) in [6, 6.07) is 64.3. The summed E-state index contributed by atoms with van der Waals surface area (Å²) in [4.78, 5) is 28.8. The average Bonchev–Trinajstić information content (AvgIpc) is 2.19. The van der Waals surface area contributed by atoms with E-state index in [9.17, 15) is 70.0 Å². The molecule has 8 aromatic rings. The van der Waals surface area contributed by atoms with Gasteiger partial charge in [-0.15, -0.1) is 7.77 Å². The Labute approximate surface area is 533 Å². The Morgan fingerprint density at radius 3 is 0.659 bits per heavy atom. The molecule has 0 unspecified atom stereocenters. The van der Waals surface area contributed by atoms with Gasteiger partial charge in [-0.2, -0.15) is 17.6 Å². The minimum absolute atomic E-state index is 0. The molecule has 8 rings (SSSR count). The molecule has 0 aliphatic carbocycles. The summed E-state index contributed by atoms with van der Waals surface area (Å²) in [5, 5.41) is 0. The number of hydrogen-bond acceptors (Lipinski definition) is 12. The zero-order valence-electron chi connectivity index (χ0n) is 44.8. The molecule has 88 heavy (non-hydrogen) atoms. The number of ether oxygens (including phenoxy) is 4. The number of hydrogen-bond donors (Lipinski definition) is 0. The van der Waals surface area contributed by atoms with Crippen LogP contribution in [0.4, 0.5) is 60.5 Å². The predicted octanol–water partition coefficient (Wildman–Crippen LogP) is 6.95. The number of esters is 2. The van der Waals surface area contributed by atoms with Crippen LogP contribution in [0, 0.1) is 58.2 Å². The SMILES string of the molecule is O=C(CF)OCCOc1c(F)c(F)c(F)c(F)c1F.O=C(CF)OCCOc1c(F)c(F)c(F)c(F)c1F.O=S(=O)([O-])F.O=S(=O)([O-])F.[Br-].[Na+].c1ccc([S+](c2ccccc2)c2ccccc2)cc1.c1ccc([S+](c2ccccc2)c2ccccc2)cc1. The maximum atomic E-state index is 13.0. The van der Waals surface area contributed by atoms with E-state index in [2.05, 4.69) is 201 Å². The summed E-state index contributed by atoms with van der Waals surface area (Å²) in [7, 11) is -10.9. The van der Waals surface area contributed by atoms with E-state index < -0.39 is 142 Å². The monoisotopic (exact) mass is 1400 g/mol. The van der Waals surface area contributed by atoms with E-state index in [0.29, 0.717) is 0 Å². The van der Waals surface area contributed by atoms with Crippen LogP contribution in [0.25, 0.3) is 0 Å². The number of alkyl halides is 2.